The molecule has 0 radical (unpaired) electrons. The van der Waals surface area contributed by atoms with Crippen LogP contribution in [0.15, 0.2) is 52.7 Å². The van der Waals surface area contributed by atoms with E-state index in [9.17, 15) is 0 Å². The molecule has 0 aliphatic rings. The third-order valence-corrected chi connectivity index (χ3v) is 4.04. The van der Waals surface area contributed by atoms with Gasteiger partial charge in [-0.2, -0.15) is 0 Å². The number of hydrogen-bond donors (Lipinski definition) is 1. The van der Waals surface area contributed by atoms with E-state index in [0.29, 0.717) is 5.01 Å². The van der Waals surface area contributed by atoms with Gasteiger partial charge >= 0.3 is 0 Å². The van der Waals surface area contributed by atoms with E-state index in [1.807, 2.05) is 46.4 Å². The predicted molar refractivity (Wildman–Crippen MR) is 79.9 cm³/mol. The Labute approximate surface area is 124 Å². The number of fused-ring (bicyclic) bond motifs is 1. The molecule has 0 amide bonds. The quantitative estimate of drug-likeness (QED) is 0.630. The second kappa shape index (κ2) is 4.83. The van der Waals surface area contributed by atoms with E-state index in [2.05, 4.69) is 9.97 Å². The molecule has 4 heterocycles. The van der Waals surface area contributed by atoms with Crippen molar-refractivity contribution >= 4 is 17.0 Å². The van der Waals surface area contributed by atoms with Gasteiger partial charge in [0.25, 0.3) is 0 Å². The van der Waals surface area contributed by atoms with Crippen molar-refractivity contribution in [3.05, 3.63) is 53.3 Å². The third kappa shape index (κ3) is 2.14. The van der Waals surface area contributed by atoms with Gasteiger partial charge in [-0.25, -0.2) is 9.97 Å². The second-order valence-electron chi connectivity index (χ2n) is 4.57. The van der Waals surface area contributed by atoms with Crippen molar-refractivity contribution in [1.29, 1.82) is 0 Å². The maximum Gasteiger partial charge on any atom is 0.153 e. The Hall–Kier alpha value is -2.44. The monoisotopic (exact) mass is 297 g/mol. The smallest absolute Gasteiger partial charge is 0.153 e. The molecule has 5 nitrogen and oxygen atoms in total. The number of nitrogens with zero attached hydrogens (tertiary/aromatic N) is 3. The standard InChI is InChI=1S/C15H11N3O2S/c19-8-15-17-12(9-21-15)10-3-4-14-16-11(7-18(14)6-10)13-2-1-5-20-13/h1-7,9,19H,8H2. The second-order valence-corrected chi connectivity index (χ2v) is 5.51. The molecule has 0 spiro atoms. The maximum absolute atomic E-state index is 9.10. The molecular formula is C15H11N3O2S. The lowest BCUT2D eigenvalue weighted by Crippen LogP contribution is -1.86. The van der Waals surface area contributed by atoms with Gasteiger partial charge in [0, 0.05) is 23.3 Å². The Balaban J connectivity index is 1.79. The highest BCUT2D eigenvalue weighted by molar-refractivity contribution is 7.09. The van der Waals surface area contributed by atoms with Crippen molar-refractivity contribution in [2.75, 3.05) is 0 Å². The van der Waals surface area contributed by atoms with Crippen molar-refractivity contribution in [2.24, 2.45) is 0 Å². The summed E-state index contributed by atoms with van der Waals surface area (Å²) in [6.45, 7) is -0.0272. The summed E-state index contributed by atoms with van der Waals surface area (Å²) in [6.07, 6.45) is 5.54. The van der Waals surface area contributed by atoms with Crippen molar-refractivity contribution < 1.29 is 9.52 Å². The molecule has 4 aromatic heterocycles. The molecule has 0 saturated heterocycles. The summed E-state index contributed by atoms with van der Waals surface area (Å²) in [4.78, 5) is 8.90. The van der Waals surface area contributed by atoms with Crippen molar-refractivity contribution in [2.45, 2.75) is 6.61 Å². The number of furan rings is 1. The van der Waals surface area contributed by atoms with E-state index in [1.54, 1.807) is 6.26 Å². The average Bonchev–Trinajstić information content (AvgIpc) is 3.24. The van der Waals surface area contributed by atoms with E-state index in [1.165, 1.54) is 11.3 Å². The minimum Gasteiger partial charge on any atom is -0.463 e. The first kappa shape index (κ1) is 12.3. The number of pyridine rings is 1. The molecule has 0 unspecified atom stereocenters. The van der Waals surface area contributed by atoms with Crippen LogP contribution in [0.5, 0.6) is 0 Å². The summed E-state index contributed by atoms with van der Waals surface area (Å²) in [5.41, 5.74) is 3.50. The number of aromatic nitrogens is 3. The molecule has 1 N–H and O–H groups in total. The van der Waals surface area contributed by atoms with Gasteiger partial charge < -0.3 is 13.9 Å². The minimum absolute atomic E-state index is 0.0272. The molecule has 4 rings (SSSR count). The molecule has 0 bridgehead atoms. The summed E-state index contributed by atoms with van der Waals surface area (Å²) < 4.78 is 7.32. The van der Waals surface area contributed by atoms with Gasteiger partial charge in [-0.3, -0.25) is 0 Å². The third-order valence-electron chi connectivity index (χ3n) is 3.21. The molecular weight excluding hydrogens is 286 g/mol. The number of aliphatic hydroxyl groups is 1. The molecule has 0 atom stereocenters. The van der Waals surface area contributed by atoms with Gasteiger partial charge in [-0.1, -0.05) is 0 Å². The highest BCUT2D eigenvalue weighted by Crippen LogP contribution is 2.24. The zero-order chi connectivity index (χ0) is 14.2. The fourth-order valence-electron chi connectivity index (χ4n) is 2.20. The first-order chi connectivity index (χ1) is 10.3. The predicted octanol–water partition coefficient (Wildman–Crippen LogP) is 3.21. The van der Waals surface area contributed by atoms with Gasteiger partial charge in [0.15, 0.2) is 5.76 Å². The van der Waals surface area contributed by atoms with Crippen LogP contribution in [0.3, 0.4) is 0 Å². The highest BCUT2D eigenvalue weighted by Gasteiger charge is 2.09. The van der Waals surface area contributed by atoms with E-state index in [4.69, 9.17) is 9.52 Å². The van der Waals surface area contributed by atoms with Crippen molar-refractivity contribution in [3.8, 4) is 22.7 Å². The molecule has 0 aliphatic heterocycles. The van der Waals surface area contributed by atoms with Gasteiger partial charge in [0.05, 0.1) is 18.6 Å². The van der Waals surface area contributed by atoms with E-state index in [-0.39, 0.29) is 6.61 Å². The Bertz CT molecular complexity index is 893. The molecule has 6 heteroatoms. The van der Waals surface area contributed by atoms with Crippen LogP contribution in [0.1, 0.15) is 5.01 Å². The SMILES string of the molecule is OCc1nc(-c2ccc3nc(-c4ccco4)cn3c2)cs1. The lowest BCUT2D eigenvalue weighted by Gasteiger charge is -1.98. The Morgan fingerprint density at radius 3 is 2.86 bits per heavy atom. The molecule has 0 aromatic carbocycles. The minimum atomic E-state index is -0.0272. The normalized spacial score (nSPS) is 11.3. The van der Waals surface area contributed by atoms with Crippen LogP contribution in [0.4, 0.5) is 0 Å². The Morgan fingerprint density at radius 2 is 2.10 bits per heavy atom. The van der Waals surface area contributed by atoms with Gasteiger partial charge in [0.2, 0.25) is 0 Å². The highest BCUT2D eigenvalue weighted by atomic mass is 32.1. The van der Waals surface area contributed by atoms with Crippen molar-refractivity contribution in [1.82, 2.24) is 14.4 Å². The Morgan fingerprint density at radius 1 is 1.14 bits per heavy atom. The molecule has 0 fully saturated rings. The number of hydrogen-bond acceptors (Lipinski definition) is 5. The van der Waals surface area contributed by atoms with Crippen LogP contribution in [0.25, 0.3) is 28.4 Å². The zero-order valence-electron chi connectivity index (χ0n) is 10.9. The van der Waals surface area contributed by atoms with Crippen LogP contribution in [-0.4, -0.2) is 19.5 Å². The summed E-state index contributed by atoms with van der Waals surface area (Å²) in [5.74, 6) is 0.747. The van der Waals surface area contributed by atoms with Crippen molar-refractivity contribution in [3.63, 3.8) is 0 Å². The molecule has 21 heavy (non-hydrogen) atoms. The van der Waals surface area contributed by atoms with Gasteiger partial charge in [-0.05, 0) is 24.3 Å². The molecule has 4 aromatic rings. The number of imidazole rings is 1. The van der Waals surface area contributed by atoms with Gasteiger partial charge in [0.1, 0.15) is 16.3 Å². The summed E-state index contributed by atoms with van der Waals surface area (Å²) >= 11 is 1.45. The van der Waals surface area contributed by atoms with Crippen LogP contribution in [0.2, 0.25) is 0 Å². The Kier molecular flexibility index (Phi) is 2.83. The van der Waals surface area contributed by atoms with E-state index >= 15 is 0 Å². The average molecular weight is 297 g/mol. The number of aliphatic hydroxyl groups excluding tert-OH is 1. The van der Waals surface area contributed by atoms with Gasteiger partial charge in [-0.15, -0.1) is 11.3 Å². The molecule has 0 aliphatic carbocycles. The lowest BCUT2D eigenvalue weighted by molar-refractivity contribution is 0.281. The summed E-state index contributed by atoms with van der Waals surface area (Å²) in [7, 11) is 0. The fraction of sp³-hybridized carbons (Fsp3) is 0.0667. The maximum atomic E-state index is 9.10. The van der Waals surface area contributed by atoms with Crippen LogP contribution in [-0.2, 0) is 6.61 Å². The lowest BCUT2D eigenvalue weighted by atomic mass is 10.2. The van der Waals surface area contributed by atoms with Crippen LogP contribution in [0, 0.1) is 0 Å². The van der Waals surface area contributed by atoms with E-state index in [0.717, 1.165) is 28.4 Å². The number of rotatable bonds is 3. The summed E-state index contributed by atoms with van der Waals surface area (Å²) in [5, 5.41) is 11.8. The largest absolute Gasteiger partial charge is 0.463 e. The van der Waals surface area contributed by atoms with Crippen LogP contribution < -0.4 is 0 Å². The first-order valence-corrected chi connectivity index (χ1v) is 7.30. The first-order valence-electron chi connectivity index (χ1n) is 6.42. The van der Waals surface area contributed by atoms with Crippen LogP contribution >= 0.6 is 11.3 Å². The van der Waals surface area contributed by atoms with E-state index < -0.39 is 0 Å². The zero-order valence-corrected chi connectivity index (χ0v) is 11.7. The number of thiazole rings is 1. The molecule has 0 saturated carbocycles. The summed E-state index contributed by atoms with van der Waals surface area (Å²) in [6, 6.07) is 7.65. The fourth-order valence-corrected chi connectivity index (χ4v) is 2.86. The topological polar surface area (TPSA) is 63.6 Å². The molecule has 104 valence electrons.